The van der Waals surface area contributed by atoms with Crippen molar-refractivity contribution in [1.29, 1.82) is 0 Å². The predicted molar refractivity (Wildman–Crippen MR) is 78.1 cm³/mol. The van der Waals surface area contributed by atoms with Gasteiger partial charge in [-0.05, 0) is 52.5 Å². The van der Waals surface area contributed by atoms with Crippen LogP contribution < -0.4 is 10.5 Å². The molecule has 1 aromatic carbocycles. The fourth-order valence-corrected chi connectivity index (χ4v) is 2.05. The van der Waals surface area contributed by atoms with E-state index in [2.05, 4.69) is 35.8 Å². The van der Waals surface area contributed by atoms with Gasteiger partial charge < -0.3 is 15.2 Å². The average molecular weight is 316 g/mol. The maximum absolute atomic E-state index is 5.65. The van der Waals surface area contributed by atoms with Gasteiger partial charge in [-0.25, -0.2) is 0 Å². The highest BCUT2D eigenvalue weighted by Gasteiger charge is 2.02. The number of halogens is 1. The first-order valence-corrected chi connectivity index (χ1v) is 7.11. The van der Waals surface area contributed by atoms with Gasteiger partial charge in [0.05, 0.1) is 11.1 Å². The molecule has 0 bridgehead atoms. The Morgan fingerprint density at radius 3 is 2.67 bits per heavy atom. The monoisotopic (exact) mass is 315 g/mol. The van der Waals surface area contributed by atoms with Gasteiger partial charge in [0.25, 0.3) is 0 Å². The Hall–Kier alpha value is -0.580. The molecule has 18 heavy (non-hydrogen) atoms. The highest BCUT2D eigenvalue weighted by Crippen LogP contribution is 2.26. The van der Waals surface area contributed by atoms with Crippen LogP contribution in [0.2, 0.25) is 0 Å². The summed E-state index contributed by atoms with van der Waals surface area (Å²) in [6.45, 7) is 6.90. The van der Waals surface area contributed by atoms with Gasteiger partial charge in [0, 0.05) is 6.61 Å². The predicted octanol–water partition coefficient (Wildman–Crippen LogP) is 3.00. The molecule has 0 saturated heterocycles. The van der Waals surface area contributed by atoms with Crippen LogP contribution in [0.25, 0.3) is 0 Å². The van der Waals surface area contributed by atoms with Crippen molar-refractivity contribution in [2.45, 2.75) is 20.3 Å². The topological polar surface area (TPSA) is 44.5 Å². The van der Waals surface area contributed by atoms with E-state index in [9.17, 15) is 0 Å². The third-order valence-corrected chi connectivity index (χ3v) is 2.99. The van der Waals surface area contributed by atoms with Crippen LogP contribution in [0.5, 0.6) is 5.75 Å². The molecule has 0 aliphatic rings. The molecule has 0 radical (unpaired) electrons. The molecule has 0 aromatic heterocycles. The maximum atomic E-state index is 5.65. The standard InChI is InChI=1S/C14H22BrNO2/c1-11(2)10-17-7-8-18-14-4-3-12(5-6-16)9-13(14)15/h3-4,9,11H,5-8,10,16H2,1-2H3. The lowest BCUT2D eigenvalue weighted by Crippen LogP contribution is -2.10. The molecule has 2 N–H and O–H groups in total. The lowest BCUT2D eigenvalue weighted by atomic mass is 10.1. The first-order valence-electron chi connectivity index (χ1n) is 6.32. The molecule has 1 rings (SSSR count). The molecular weight excluding hydrogens is 294 g/mol. The Morgan fingerprint density at radius 1 is 1.28 bits per heavy atom. The van der Waals surface area contributed by atoms with E-state index in [1.165, 1.54) is 5.56 Å². The minimum absolute atomic E-state index is 0.562. The van der Waals surface area contributed by atoms with E-state index in [0.29, 0.717) is 25.7 Å². The third-order valence-electron chi connectivity index (χ3n) is 2.37. The zero-order valence-corrected chi connectivity index (χ0v) is 12.7. The summed E-state index contributed by atoms with van der Waals surface area (Å²) in [7, 11) is 0. The van der Waals surface area contributed by atoms with Crippen LogP contribution >= 0.6 is 15.9 Å². The van der Waals surface area contributed by atoms with Crippen LogP contribution in [0.1, 0.15) is 19.4 Å². The molecule has 0 fully saturated rings. The van der Waals surface area contributed by atoms with E-state index in [0.717, 1.165) is 23.2 Å². The molecule has 0 aliphatic heterocycles. The van der Waals surface area contributed by atoms with Gasteiger partial charge in [-0.15, -0.1) is 0 Å². The number of hydrogen-bond acceptors (Lipinski definition) is 3. The highest BCUT2D eigenvalue weighted by molar-refractivity contribution is 9.10. The number of ether oxygens (including phenoxy) is 2. The van der Waals surface area contributed by atoms with Gasteiger partial charge in [0.2, 0.25) is 0 Å². The normalized spacial score (nSPS) is 10.9. The molecule has 0 atom stereocenters. The molecule has 4 heteroatoms. The van der Waals surface area contributed by atoms with Gasteiger partial charge in [-0.2, -0.15) is 0 Å². The summed E-state index contributed by atoms with van der Waals surface area (Å²) in [6, 6.07) is 6.07. The second-order valence-corrected chi connectivity index (χ2v) is 5.48. The zero-order chi connectivity index (χ0) is 13.4. The van der Waals surface area contributed by atoms with Crippen LogP contribution in [-0.4, -0.2) is 26.4 Å². The Balaban J connectivity index is 2.34. The van der Waals surface area contributed by atoms with Gasteiger partial charge in [-0.3, -0.25) is 0 Å². The summed E-state index contributed by atoms with van der Waals surface area (Å²) in [5.74, 6) is 1.41. The molecule has 0 unspecified atom stereocenters. The molecule has 0 spiro atoms. The van der Waals surface area contributed by atoms with Gasteiger partial charge in [0.15, 0.2) is 0 Å². The minimum Gasteiger partial charge on any atom is -0.490 e. The number of nitrogens with two attached hydrogens (primary N) is 1. The van der Waals surface area contributed by atoms with Crippen molar-refractivity contribution < 1.29 is 9.47 Å². The summed E-state index contributed by atoms with van der Waals surface area (Å²) in [5, 5.41) is 0. The van der Waals surface area contributed by atoms with E-state index in [1.54, 1.807) is 0 Å². The van der Waals surface area contributed by atoms with Crippen LogP contribution in [0, 0.1) is 5.92 Å². The molecule has 0 heterocycles. The van der Waals surface area contributed by atoms with Crippen molar-refractivity contribution >= 4 is 15.9 Å². The molecule has 0 amide bonds. The van der Waals surface area contributed by atoms with Crippen LogP contribution in [0.15, 0.2) is 22.7 Å². The summed E-state index contributed by atoms with van der Waals surface area (Å²) in [4.78, 5) is 0. The molecule has 3 nitrogen and oxygen atoms in total. The molecule has 102 valence electrons. The van der Waals surface area contributed by atoms with Gasteiger partial charge in [0.1, 0.15) is 12.4 Å². The zero-order valence-electron chi connectivity index (χ0n) is 11.1. The lowest BCUT2D eigenvalue weighted by molar-refractivity contribution is 0.0817. The average Bonchev–Trinajstić information content (AvgIpc) is 2.31. The number of rotatable bonds is 8. The van der Waals surface area contributed by atoms with E-state index < -0.39 is 0 Å². The third kappa shape index (κ3) is 5.85. The van der Waals surface area contributed by atoms with E-state index in [1.807, 2.05) is 12.1 Å². The summed E-state index contributed by atoms with van der Waals surface area (Å²) in [6.07, 6.45) is 0.885. The highest BCUT2D eigenvalue weighted by atomic mass is 79.9. The lowest BCUT2D eigenvalue weighted by Gasteiger charge is -2.11. The number of benzene rings is 1. The number of hydrogen-bond donors (Lipinski definition) is 1. The minimum atomic E-state index is 0.562. The van der Waals surface area contributed by atoms with Gasteiger partial charge in [-0.1, -0.05) is 19.9 Å². The van der Waals surface area contributed by atoms with E-state index in [-0.39, 0.29) is 0 Å². The molecule has 0 saturated carbocycles. The molecule has 1 aromatic rings. The van der Waals surface area contributed by atoms with Crippen molar-refractivity contribution in [2.75, 3.05) is 26.4 Å². The smallest absolute Gasteiger partial charge is 0.133 e. The van der Waals surface area contributed by atoms with Gasteiger partial charge >= 0.3 is 0 Å². The Bertz CT molecular complexity index is 356. The van der Waals surface area contributed by atoms with E-state index in [4.69, 9.17) is 15.2 Å². The largest absolute Gasteiger partial charge is 0.490 e. The van der Waals surface area contributed by atoms with Crippen molar-refractivity contribution in [3.05, 3.63) is 28.2 Å². The SMILES string of the molecule is CC(C)COCCOc1ccc(CCN)cc1Br. The van der Waals surface area contributed by atoms with Crippen LogP contribution in [0.4, 0.5) is 0 Å². The van der Waals surface area contributed by atoms with Crippen LogP contribution in [0.3, 0.4) is 0 Å². The Labute approximate surface area is 118 Å². The Kier molecular flexibility index (Phi) is 7.32. The van der Waals surface area contributed by atoms with Crippen LogP contribution in [-0.2, 0) is 11.2 Å². The summed E-state index contributed by atoms with van der Waals surface area (Å²) < 4.78 is 12.1. The van der Waals surface area contributed by atoms with Crippen molar-refractivity contribution in [3.63, 3.8) is 0 Å². The fraction of sp³-hybridized carbons (Fsp3) is 0.571. The first-order chi connectivity index (χ1) is 8.63. The maximum Gasteiger partial charge on any atom is 0.133 e. The Morgan fingerprint density at radius 2 is 2.06 bits per heavy atom. The summed E-state index contributed by atoms with van der Waals surface area (Å²) >= 11 is 3.50. The first kappa shape index (κ1) is 15.5. The fourth-order valence-electron chi connectivity index (χ4n) is 1.51. The van der Waals surface area contributed by atoms with E-state index >= 15 is 0 Å². The van der Waals surface area contributed by atoms with Crippen molar-refractivity contribution in [2.24, 2.45) is 11.7 Å². The molecular formula is C14H22BrNO2. The quantitative estimate of drug-likeness (QED) is 0.750. The van der Waals surface area contributed by atoms with Crippen molar-refractivity contribution in [3.8, 4) is 5.75 Å². The molecule has 0 aliphatic carbocycles. The second kappa shape index (κ2) is 8.51. The summed E-state index contributed by atoms with van der Waals surface area (Å²) in [5.41, 5.74) is 6.74. The van der Waals surface area contributed by atoms with Crippen molar-refractivity contribution in [1.82, 2.24) is 0 Å². The second-order valence-electron chi connectivity index (χ2n) is 4.62.